The second kappa shape index (κ2) is 6.17. The SMILES string of the molecule is COc1ccc(C)cc1CC1(O)CCC(C(C)C)CC1. The zero-order valence-electron chi connectivity index (χ0n) is 13.3. The first-order chi connectivity index (χ1) is 9.43. The molecule has 1 saturated carbocycles. The van der Waals surface area contributed by atoms with Crippen LogP contribution in [0.15, 0.2) is 18.2 Å². The minimum absolute atomic E-state index is 0.549. The van der Waals surface area contributed by atoms with Crippen molar-refractivity contribution in [1.82, 2.24) is 0 Å². The molecule has 0 radical (unpaired) electrons. The van der Waals surface area contributed by atoms with Gasteiger partial charge in [-0.2, -0.15) is 0 Å². The molecule has 2 nitrogen and oxygen atoms in total. The van der Waals surface area contributed by atoms with Crippen molar-refractivity contribution in [3.8, 4) is 5.75 Å². The molecule has 1 aromatic rings. The highest BCUT2D eigenvalue weighted by atomic mass is 16.5. The van der Waals surface area contributed by atoms with E-state index in [1.807, 2.05) is 6.07 Å². The highest BCUT2D eigenvalue weighted by Gasteiger charge is 2.34. The van der Waals surface area contributed by atoms with E-state index in [0.717, 1.165) is 48.8 Å². The molecular formula is C18H28O2. The molecule has 0 aliphatic heterocycles. The summed E-state index contributed by atoms with van der Waals surface area (Å²) in [6, 6.07) is 6.21. The van der Waals surface area contributed by atoms with Gasteiger partial charge in [0.2, 0.25) is 0 Å². The molecule has 1 aliphatic rings. The predicted octanol–water partition coefficient (Wildman–Crippen LogP) is 4.12. The third-order valence-electron chi connectivity index (χ3n) is 4.86. The van der Waals surface area contributed by atoms with E-state index in [4.69, 9.17) is 4.74 Å². The Morgan fingerprint density at radius 3 is 2.50 bits per heavy atom. The smallest absolute Gasteiger partial charge is 0.122 e. The molecule has 1 aliphatic carbocycles. The van der Waals surface area contributed by atoms with Gasteiger partial charge in [0.1, 0.15) is 5.75 Å². The summed E-state index contributed by atoms with van der Waals surface area (Å²) in [6.45, 7) is 6.67. The summed E-state index contributed by atoms with van der Waals surface area (Å²) in [5.74, 6) is 2.40. The minimum atomic E-state index is -0.549. The van der Waals surface area contributed by atoms with Gasteiger partial charge in [0.25, 0.3) is 0 Å². The lowest BCUT2D eigenvalue weighted by molar-refractivity contribution is -0.0150. The first-order valence-corrected chi connectivity index (χ1v) is 7.79. The van der Waals surface area contributed by atoms with Gasteiger partial charge >= 0.3 is 0 Å². The minimum Gasteiger partial charge on any atom is -0.496 e. The van der Waals surface area contributed by atoms with Crippen LogP contribution >= 0.6 is 0 Å². The van der Waals surface area contributed by atoms with Gasteiger partial charge in [-0.05, 0) is 56.1 Å². The maximum absolute atomic E-state index is 10.9. The maximum Gasteiger partial charge on any atom is 0.122 e. The average Bonchev–Trinajstić information content (AvgIpc) is 2.39. The van der Waals surface area contributed by atoms with E-state index in [0.29, 0.717) is 6.42 Å². The summed E-state index contributed by atoms with van der Waals surface area (Å²) in [5, 5.41) is 10.9. The van der Waals surface area contributed by atoms with Crippen molar-refractivity contribution in [1.29, 1.82) is 0 Å². The molecule has 0 bridgehead atoms. The van der Waals surface area contributed by atoms with Crippen LogP contribution in [0.3, 0.4) is 0 Å². The first-order valence-electron chi connectivity index (χ1n) is 7.79. The number of benzene rings is 1. The second-order valence-corrected chi connectivity index (χ2v) is 6.80. The van der Waals surface area contributed by atoms with Gasteiger partial charge in [-0.1, -0.05) is 31.5 Å². The molecule has 1 N–H and O–H groups in total. The third-order valence-corrected chi connectivity index (χ3v) is 4.86. The number of aliphatic hydroxyl groups is 1. The molecule has 0 atom stereocenters. The normalized spacial score (nSPS) is 26.8. The largest absolute Gasteiger partial charge is 0.496 e. The number of methoxy groups -OCH3 is 1. The number of ether oxygens (including phenoxy) is 1. The fourth-order valence-corrected chi connectivity index (χ4v) is 3.42. The quantitative estimate of drug-likeness (QED) is 0.896. The standard InChI is InChI=1S/C18H28O2/c1-13(2)15-7-9-18(19,10-8-15)12-16-11-14(3)5-6-17(16)20-4/h5-6,11,13,15,19H,7-10,12H2,1-4H3. The van der Waals surface area contributed by atoms with Gasteiger partial charge in [0, 0.05) is 6.42 Å². The van der Waals surface area contributed by atoms with Crippen molar-refractivity contribution in [2.24, 2.45) is 11.8 Å². The summed E-state index contributed by atoms with van der Waals surface area (Å²) in [6.07, 6.45) is 4.81. The number of rotatable bonds is 4. The Kier molecular flexibility index (Phi) is 4.74. The third kappa shape index (κ3) is 3.54. The second-order valence-electron chi connectivity index (χ2n) is 6.80. The van der Waals surface area contributed by atoms with Crippen molar-refractivity contribution < 1.29 is 9.84 Å². The van der Waals surface area contributed by atoms with Gasteiger partial charge < -0.3 is 9.84 Å². The van der Waals surface area contributed by atoms with Crippen LogP contribution in [0.1, 0.15) is 50.7 Å². The number of hydrogen-bond acceptors (Lipinski definition) is 2. The summed E-state index contributed by atoms with van der Waals surface area (Å²) in [4.78, 5) is 0. The zero-order valence-corrected chi connectivity index (χ0v) is 13.3. The molecule has 0 spiro atoms. The van der Waals surface area contributed by atoms with E-state index < -0.39 is 5.60 Å². The van der Waals surface area contributed by atoms with Crippen LogP contribution in [0.5, 0.6) is 5.75 Å². The Morgan fingerprint density at radius 2 is 1.95 bits per heavy atom. The molecule has 0 heterocycles. The van der Waals surface area contributed by atoms with E-state index in [9.17, 15) is 5.11 Å². The topological polar surface area (TPSA) is 29.5 Å². The van der Waals surface area contributed by atoms with Crippen LogP contribution in [0.25, 0.3) is 0 Å². The molecular weight excluding hydrogens is 248 g/mol. The molecule has 0 aromatic heterocycles. The Morgan fingerprint density at radius 1 is 1.30 bits per heavy atom. The number of hydrogen-bond donors (Lipinski definition) is 1. The van der Waals surface area contributed by atoms with E-state index >= 15 is 0 Å². The molecule has 0 amide bonds. The summed E-state index contributed by atoms with van der Waals surface area (Å²) in [5.41, 5.74) is 1.81. The Bertz CT molecular complexity index is 443. The maximum atomic E-state index is 10.9. The lowest BCUT2D eigenvalue weighted by atomic mass is 9.72. The van der Waals surface area contributed by atoms with Crippen molar-refractivity contribution in [2.45, 2.75) is 58.5 Å². The van der Waals surface area contributed by atoms with Gasteiger partial charge in [0.05, 0.1) is 12.7 Å². The lowest BCUT2D eigenvalue weighted by Gasteiger charge is -2.38. The van der Waals surface area contributed by atoms with E-state index in [2.05, 4.69) is 32.9 Å². The Hall–Kier alpha value is -1.02. The highest BCUT2D eigenvalue weighted by molar-refractivity contribution is 5.37. The Labute approximate surface area is 123 Å². The molecule has 2 heteroatoms. The molecule has 1 fully saturated rings. The van der Waals surface area contributed by atoms with Crippen molar-refractivity contribution in [2.75, 3.05) is 7.11 Å². The van der Waals surface area contributed by atoms with Gasteiger partial charge in [0.15, 0.2) is 0 Å². The molecule has 0 unspecified atom stereocenters. The molecule has 112 valence electrons. The van der Waals surface area contributed by atoms with E-state index in [1.54, 1.807) is 7.11 Å². The van der Waals surface area contributed by atoms with Crippen molar-refractivity contribution in [3.63, 3.8) is 0 Å². The zero-order chi connectivity index (χ0) is 14.8. The van der Waals surface area contributed by atoms with Crippen LogP contribution < -0.4 is 4.74 Å². The average molecular weight is 276 g/mol. The van der Waals surface area contributed by atoms with Gasteiger partial charge in [-0.3, -0.25) is 0 Å². The van der Waals surface area contributed by atoms with E-state index in [1.165, 1.54) is 5.56 Å². The fourth-order valence-electron chi connectivity index (χ4n) is 3.42. The van der Waals surface area contributed by atoms with Gasteiger partial charge in [-0.25, -0.2) is 0 Å². The fraction of sp³-hybridized carbons (Fsp3) is 0.667. The van der Waals surface area contributed by atoms with Crippen molar-refractivity contribution in [3.05, 3.63) is 29.3 Å². The number of aryl methyl sites for hydroxylation is 1. The molecule has 2 rings (SSSR count). The molecule has 0 saturated heterocycles. The van der Waals surface area contributed by atoms with Gasteiger partial charge in [-0.15, -0.1) is 0 Å². The predicted molar refractivity (Wildman–Crippen MR) is 83.2 cm³/mol. The summed E-state index contributed by atoms with van der Waals surface area (Å²) < 4.78 is 5.44. The summed E-state index contributed by atoms with van der Waals surface area (Å²) in [7, 11) is 1.70. The molecule has 20 heavy (non-hydrogen) atoms. The van der Waals surface area contributed by atoms with Crippen LogP contribution in [0, 0.1) is 18.8 Å². The van der Waals surface area contributed by atoms with E-state index in [-0.39, 0.29) is 0 Å². The lowest BCUT2D eigenvalue weighted by Crippen LogP contribution is -2.37. The van der Waals surface area contributed by atoms with Crippen molar-refractivity contribution >= 4 is 0 Å². The monoisotopic (exact) mass is 276 g/mol. The molecule has 1 aromatic carbocycles. The van der Waals surface area contributed by atoms with Crippen LogP contribution in [0.2, 0.25) is 0 Å². The van der Waals surface area contributed by atoms with Crippen LogP contribution in [0.4, 0.5) is 0 Å². The first kappa shape index (κ1) is 15.4. The van der Waals surface area contributed by atoms with Crippen LogP contribution in [-0.4, -0.2) is 17.8 Å². The summed E-state index contributed by atoms with van der Waals surface area (Å²) >= 11 is 0. The Balaban J connectivity index is 2.08. The highest BCUT2D eigenvalue weighted by Crippen LogP contribution is 2.38. The van der Waals surface area contributed by atoms with Crippen LogP contribution in [-0.2, 0) is 6.42 Å².